The van der Waals surface area contributed by atoms with Crippen molar-refractivity contribution in [2.45, 2.75) is 39.5 Å². The highest BCUT2D eigenvalue weighted by atomic mass is 32.1. The molecule has 1 N–H and O–H groups in total. The molecular weight excluding hydrogens is 445 g/mol. The number of rotatable bonds is 9. The number of carbonyl (C=O) groups excluding carboxylic acids is 1. The van der Waals surface area contributed by atoms with Gasteiger partial charge in [0.2, 0.25) is 0 Å². The van der Waals surface area contributed by atoms with Crippen LogP contribution in [-0.4, -0.2) is 15.8 Å². The van der Waals surface area contributed by atoms with Crippen LogP contribution in [0.15, 0.2) is 84.2 Å². The van der Waals surface area contributed by atoms with Crippen LogP contribution < -0.4 is 5.32 Å². The zero-order chi connectivity index (χ0) is 23.9. The van der Waals surface area contributed by atoms with Gasteiger partial charge in [-0.25, -0.2) is 9.37 Å². The minimum absolute atomic E-state index is 0.102. The molecule has 4 aromatic rings. The molecule has 4 rings (SSSR count). The Morgan fingerprint density at radius 1 is 0.941 bits per heavy atom. The summed E-state index contributed by atoms with van der Waals surface area (Å²) in [5.74, 6) is -0.420. The highest BCUT2D eigenvalue weighted by Gasteiger charge is 2.16. The summed E-state index contributed by atoms with van der Waals surface area (Å²) in [7, 11) is 0. The van der Waals surface area contributed by atoms with E-state index in [9.17, 15) is 9.18 Å². The first-order chi connectivity index (χ1) is 16.5. The summed E-state index contributed by atoms with van der Waals surface area (Å²) in [6, 6.07) is 24.8. The smallest absolute Gasteiger partial charge is 0.271 e. The van der Waals surface area contributed by atoms with E-state index in [1.165, 1.54) is 34.6 Å². The van der Waals surface area contributed by atoms with Crippen LogP contribution in [0.5, 0.6) is 0 Å². The molecule has 1 amide bonds. The molecule has 0 aliphatic heterocycles. The third-order valence-electron chi connectivity index (χ3n) is 5.64. The zero-order valence-corrected chi connectivity index (χ0v) is 20.2. The molecular formula is C28H28FN3OS. The van der Waals surface area contributed by atoms with E-state index in [4.69, 9.17) is 0 Å². The maximum absolute atomic E-state index is 13.4. The van der Waals surface area contributed by atoms with Crippen LogP contribution >= 0.6 is 11.3 Å². The van der Waals surface area contributed by atoms with Gasteiger partial charge in [-0.15, -0.1) is 11.3 Å². The van der Waals surface area contributed by atoms with Crippen LogP contribution in [0.3, 0.4) is 0 Å². The SMILES string of the molecule is Cc1ccc(CN(Cc2ccc(F)cc2)Cc2nc(C(=O)N[C@H](C)c3ccccc3)cs2)cc1. The molecule has 6 heteroatoms. The highest BCUT2D eigenvalue weighted by Crippen LogP contribution is 2.19. The average molecular weight is 474 g/mol. The molecule has 0 saturated heterocycles. The molecule has 174 valence electrons. The Kier molecular flexibility index (Phi) is 7.83. The fourth-order valence-corrected chi connectivity index (χ4v) is 4.56. The Balaban J connectivity index is 1.45. The van der Waals surface area contributed by atoms with Crippen LogP contribution in [0.25, 0.3) is 0 Å². The van der Waals surface area contributed by atoms with Gasteiger partial charge in [-0.1, -0.05) is 72.3 Å². The van der Waals surface area contributed by atoms with Crippen LogP contribution in [0.4, 0.5) is 4.39 Å². The lowest BCUT2D eigenvalue weighted by Crippen LogP contribution is -2.27. The number of halogens is 1. The minimum atomic E-state index is -0.242. The van der Waals surface area contributed by atoms with Gasteiger partial charge in [0.15, 0.2) is 0 Å². The number of carbonyl (C=O) groups is 1. The molecule has 0 saturated carbocycles. The normalized spacial score (nSPS) is 12.0. The largest absolute Gasteiger partial charge is 0.344 e. The van der Waals surface area contributed by atoms with E-state index in [0.717, 1.165) is 22.7 Å². The van der Waals surface area contributed by atoms with E-state index < -0.39 is 0 Å². The lowest BCUT2D eigenvalue weighted by Gasteiger charge is -2.21. The number of thiazole rings is 1. The lowest BCUT2D eigenvalue weighted by atomic mass is 10.1. The summed E-state index contributed by atoms with van der Waals surface area (Å²) in [5, 5.41) is 5.70. The number of benzene rings is 3. The number of amides is 1. The molecule has 0 unspecified atom stereocenters. The van der Waals surface area contributed by atoms with Crippen molar-refractivity contribution in [1.82, 2.24) is 15.2 Å². The van der Waals surface area contributed by atoms with Crippen LogP contribution in [0, 0.1) is 12.7 Å². The van der Waals surface area contributed by atoms with Gasteiger partial charge < -0.3 is 5.32 Å². The Morgan fingerprint density at radius 2 is 1.56 bits per heavy atom. The maximum atomic E-state index is 13.4. The van der Waals surface area contributed by atoms with E-state index in [2.05, 4.69) is 46.4 Å². The van der Waals surface area contributed by atoms with Crippen molar-refractivity contribution in [2.24, 2.45) is 0 Å². The highest BCUT2D eigenvalue weighted by molar-refractivity contribution is 7.09. The first kappa shape index (κ1) is 23.8. The van der Waals surface area contributed by atoms with E-state index in [1.807, 2.05) is 54.8 Å². The second-order valence-electron chi connectivity index (χ2n) is 8.49. The number of aryl methyl sites for hydroxylation is 1. The predicted octanol–water partition coefficient (Wildman–Crippen LogP) is 6.28. The molecule has 0 bridgehead atoms. The van der Waals surface area contributed by atoms with Crippen molar-refractivity contribution in [2.75, 3.05) is 0 Å². The van der Waals surface area contributed by atoms with Crippen molar-refractivity contribution in [3.05, 3.63) is 123 Å². The van der Waals surface area contributed by atoms with E-state index >= 15 is 0 Å². The van der Waals surface area contributed by atoms with Gasteiger partial charge >= 0.3 is 0 Å². The Bertz CT molecular complexity index is 1160. The molecule has 0 radical (unpaired) electrons. The molecule has 4 nitrogen and oxygen atoms in total. The summed E-state index contributed by atoms with van der Waals surface area (Å²) in [4.78, 5) is 19.6. The van der Waals surface area contributed by atoms with Crippen LogP contribution in [-0.2, 0) is 19.6 Å². The number of hydrogen-bond acceptors (Lipinski definition) is 4. The van der Waals surface area contributed by atoms with Crippen molar-refractivity contribution in [1.29, 1.82) is 0 Å². The summed E-state index contributed by atoms with van der Waals surface area (Å²) in [6.07, 6.45) is 0. The Labute approximate surface area is 204 Å². The van der Waals surface area contributed by atoms with Crippen molar-refractivity contribution >= 4 is 17.2 Å². The maximum Gasteiger partial charge on any atom is 0.271 e. The molecule has 3 aromatic carbocycles. The molecule has 34 heavy (non-hydrogen) atoms. The van der Waals surface area contributed by atoms with Crippen molar-refractivity contribution in [3.8, 4) is 0 Å². The van der Waals surface area contributed by atoms with E-state index in [1.54, 1.807) is 0 Å². The molecule has 0 aliphatic carbocycles. The van der Waals surface area contributed by atoms with Gasteiger partial charge in [-0.3, -0.25) is 9.69 Å². The van der Waals surface area contributed by atoms with Crippen LogP contribution in [0.2, 0.25) is 0 Å². The summed E-state index contributed by atoms with van der Waals surface area (Å²) >= 11 is 1.48. The third kappa shape index (κ3) is 6.59. The molecule has 1 aromatic heterocycles. The average Bonchev–Trinajstić information content (AvgIpc) is 3.31. The molecule has 0 aliphatic rings. The number of nitrogens with zero attached hydrogens (tertiary/aromatic N) is 2. The number of nitrogens with one attached hydrogen (secondary N) is 1. The molecule has 0 fully saturated rings. The second-order valence-corrected chi connectivity index (χ2v) is 9.43. The number of hydrogen-bond donors (Lipinski definition) is 1. The molecule has 0 spiro atoms. The fraction of sp³-hybridized carbons (Fsp3) is 0.214. The van der Waals surface area contributed by atoms with Crippen LogP contribution in [0.1, 0.15) is 50.7 Å². The van der Waals surface area contributed by atoms with E-state index in [0.29, 0.717) is 18.8 Å². The first-order valence-corrected chi connectivity index (χ1v) is 12.2. The Hall–Kier alpha value is -3.35. The van der Waals surface area contributed by atoms with Crippen molar-refractivity contribution < 1.29 is 9.18 Å². The monoisotopic (exact) mass is 473 g/mol. The summed E-state index contributed by atoms with van der Waals surface area (Å²) in [6.45, 7) is 6.01. The first-order valence-electron chi connectivity index (χ1n) is 11.3. The standard InChI is InChI=1S/C28H28FN3OS/c1-20-8-10-22(11-9-20)16-32(17-23-12-14-25(29)15-13-23)18-27-31-26(19-34-27)28(33)30-21(2)24-6-4-3-5-7-24/h3-15,19,21H,16-18H2,1-2H3,(H,30,33)/t21-/m1/s1. The van der Waals surface area contributed by atoms with Gasteiger partial charge in [-0.05, 0) is 42.7 Å². The quantitative estimate of drug-likeness (QED) is 0.311. The summed E-state index contributed by atoms with van der Waals surface area (Å²) < 4.78 is 13.4. The zero-order valence-electron chi connectivity index (χ0n) is 19.4. The number of aromatic nitrogens is 1. The molecule has 1 atom stereocenters. The third-order valence-corrected chi connectivity index (χ3v) is 6.47. The van der Waals surface area contributed by atoms with Gasteiger partial charge in [0.25, 0.3) is 5.91 Å². The van der Waals surface area contributed by atoms with Gasteiger partial charge in [0.1, 0.15) is 16.5 Å². The van der Waals surface area contributed by atoms with Gasteiger partial charge in [-0.2, -0.15) is 0 Å². The van der Waals surface area contributed by atoms with Crippen molar-refractivity contribution in [3.63, 3.8) is 0 Å². The summed E-state index contributed by atoms with van der Waals surface area (Å²) in [5.41, 5.74) is 4.92. The van der Waals surface area contributed by atoms with Gasteiger partial charge in [0, 0.05) is 18.5 Å². The minimum Gasteiger partial charge on any atom is -0.344 e. The van der Waals surface area contributed by atoms with Gasteiger partial charge in [0.05, 0.1) is 12.6 Å². The van der Waals surface area contributed by atoms with E-state index in [-0.39, 0.29) is 17.8 Å². The fourth-order valence-electron chi connectivity index (χ4n) is 3.74. The molecule has 1 heterocycles. The predicted molar refractivity (Wildman–Crippen MR) is 135 cm³/mol. The second kappa shape index (κ2) is 11.2. The topological polar surface area (TPSA) is 45.2 Å². The lowest BCUT2D eigenvalue weighted by molar-refractivity contribution is 0.0935. The Morgan fingerprint density at radius 3 is 2.21 bits per heavy atom.